The summed E-state index contributed by atoms with van der Waals surface area (Å²) in [6.07, 6.45) is 3.51. The van der Waals surface area contributed by atoms with Crippen LogP contribution in [-0.2, 0) is 0 Å². The lowest BCUT2D eigenvalue weighted by atomic mass is 10.2. The van der Waals surface area contributed by atoms with Gasteiger partial charge in [-0.2, -0.15) is 0 Å². The number of anilines is 2. The Labute approximate surface area is 185 Å². The third-order valence-corrected chi connectivity index (χ3v) is 6.22. The molecule has 1 aliphatic heterocycles. The highest BCUT2D eigenvalue weighted by Gasteiger charge is 2.23. The Balaban J connectivity index is 1.64. The highest BCUT2D eigenvalue weighted by Crippen LogP contribution is 2.39. The number of nitrogens with one attached hydrogen (secondary N) is 1. The first-order chi connectivity index (χ1) is 15.1. The molecule has 3 heterocycles. The predicted molar refractivity (Wildman–Crippen MR) is 123 cm³/mol. The Morgan fingerprint density at radius 1 is 1.03 bits per heavy atom. The van der Waals surface area contributed by atoms with Crippen molar-refractivity contribution >= 4 is 27.4 Å². The Bertz CT molecular complexity index is 1030. The summed E-state index contributed by atoms with van der Waals surface area (Å²) in [6, 6.07) is 8.96. The molecule has 8 nitrogen and oxygen atoms in total. The van der Waals surface area contributed by atoms with E-state index in [4.69, 9.17) is 14.5 Å². The maximum Gasteiger partial charge on any atom is 0.257 e. The van der Waals surface area contributed by atoms with Crippen molar-refractivity contribution in [2.45, 2.75) is 0 Å². The Hall–Kier alpha value is -3.17. The number of hydrogen-bond donors (Lipinski definition) is 1. The highest BCUT2D eigenvalue weighted by molar-refractivity contribution is 7.20. The number of benzene rings is 1. The predicted octanol–water partition coefficient (Wildman–Crippen LogP) is 3.23. The van der Waals surface area contributed by atoms with E-state index in [0.717, 1.165) is 42.4 Å². The van der Waals surface area contributed by atoms with Gasteiger partial charge in [-0.25, -0.2) is 4.98 Å². The summed E-state index contributed by atoms with van der Waals surface area (Å²) >= 11 is 1.49. The first-order valence-electron chi connectivity index (χ1n) is 9.96. The molecule has 0 spiro atoms. The van der Waals surface area contributed by atoms with Crippen LogP contribution in [0.15, 0.2) is 42.7 Å². The van der Waals surface area contributed by atoms with Gasteiger partial charge in [-0.1, -0.05) is 11.3 Å². The summed E-state index contributed by atoms with van der Waals surface area (Å²) in [6.45, 7) is 3.80. The molecule has 1 N–H and O–H groups in total. The average molecular weight is 440 g/mol. The zero-order valence-corrected chi connectivity index (χ0v) is 18.6. The minimum Gasteiger partial charge on any atom is -0.497 e. The van der Waals surface area contributed by atoms with Gasteiger partial charge < -0.3 is 19.3 Å². The second kappa shape index (κ2) is 9.32. The number of hydrogen-bond acceptors (Lipinski definition) is 8. The molecule has 31 heavy (non-hydrogen) atoms. The normalized spacial score (nSPS) is 14.4. The molecule has 0 unspecified atom stereocenters. The van der Waals surface area contributed by atoms with Crippen LogP contribution in [0.4, 0.5) is 10.1 Å². The summed E-state index contributed by atoms with van der Waals surface area (Å²) < 4.78 is 10.6. The number of aromatic nitrogens is 2. The molecule has 1 saturated heterocycles. The van der Waals surface area contributed by atoms with Crippen LogP contribution in [0.5, 0.6) is 11.5 Å². The molecule has 3 aromatic rings. The maximum atomic E-state index is 12.9. The molecule has 0 radical (unpaired) electrons. The van der Waals surface area contributed by atoms with Crippen LogP contribution in [0.2, 0.25) is 0 Å². The van der Waals surface area contributed by atoms with E-state index in [1.165, 1.54) is 11.3 Å². The lowest BCUT2D eigenvalue weighted by Gasteiger charge is -2.33. The summed E-state index contributed by atoms with van der Waals surface area (Å²) in [5.41, 5.74) is 2.28. The maximum absolute atomic E-state index is 12.9. The number of ether oxygens (including phenoxy) is 2. The molecule has 9 heteroatoms. The lowest BCUT2D eigenvalue weighted by Crippen LogP contribution is -2.44. The second-order valence-corrected chi connectivity index (χ2v) is 8.23. The van der Waals surface area contributed by atoms with Crippen LogP contribution in [-0.4, -0.2) is 68.2 Å². The molecule has 0 saturated carbocycles. The van der Waals surface area contributed by atoms with Crippen molar-refractivity contribution < 1.29 is 14.3 Å². The monoisotopic (exact) mass is 439 g/mol. The van der Waals surface area contributed by atoms with E-state index >= 15 is 0 Å². The summed E-state index contributed by atoms with van der Waals surface area (Å²) in [7, 11) is 5.24. The van der Waals surface area contributed by atoms with Crippen molar-refractivity contribution in [2.24, 2.45) is 0 Å². The molecular weight excluding hydrogens is 414 g/mol. The van der Waals surface area contributed by atoms with Crippen molar-refractivity contribution in [1.82, 2.24) is 14.9 Å². The van der Waals surface area contributed by atoms with Gasteiger partial charge in [-0.3, -0.25) is 15.1 Å². The minimum atomic E-state index is -0.267. The quantitative estimate of drug-likeness (QED) is 0.632. The highest BCUT2D eigenvalue weighted by atomic mass is 32.1. The Morgan fingerprint density at radius 3 is 2.29 bits per heavy atom. The van der Waals surface area contributed by atoms with E-state index in [2.05, 4.69) is 27.1 Å². The smallest absolute Gasteiger partial charge is 0.257 e. The number of nitrogens with zero attached hydrogens (tertiary/aromatic N) is 4. The average Bonchev–Trinajstić information content (AvgIpc) is 3.23. The molecule has 0 bridgehead atoms. The van der Waals surface area contributed by atoms with Crippen molar-refractivity contribution in [3.63, 3.8) is 0 Å². The second-order valence-electron chi connectivity index (χ2n) is 7.25. The van der Waals surface area contributed by atoms with Gasteiger partial charge in [0.2, 0.25) is 0 Å². The Kier molecular flexibility index (Phi) is 6.34. The molecule has 0 atom stereocenters. The number of likely N-dealkylation sites (N-methyl/N-ethyl adjacent to an activating group) is 1. The molecule has 1 aliphatic rings. The number of amides is 1. The first kappa shape index (κ1) is 21.1. The fourth-order valence-corrected chi connectivity index (χ4v) is 4.43. The molecule has 1 fully saturated rings. The van der Waals surface area contributed by atoms with Crippen LogP contribution >= 0.6 is 11.3 Å². The lowest BCUT2D eigenvalue weighted by molar-refractivity contribution is 0.102. The van der Waals surface area contributed by atoms with Crippen LogP contribution in [0.25, 0.3) is 11.3 Å². The third kappa shape index (κ3) is 4.78. The molecule has 1 amide bonds. The summed E-state index contributed by atoms with van der Waals surface area (Å²) in [5, 5.41) is 4.55. The van der Waals surface area contributed by atoms with Gasteiger partial charge in [0.1, 0.15) is 22.2 Å². The number of carbonyl (C=O) groups excluding carboxylic acids is 1. The fraction of sp³-hybridized carbons (Fsp3) is 0.318. The van der Waals surface area contributed by atoms with Crippen LogP contribution < -0.4 is 19.7 Å². The molecule has 4 rings (SSSR count). The van der Waals surface area contributed by atoms with Crippen LogP contribution in [0.3, 0.4) is 0 Å². The SMILES string of the molecule is COc1cc(OC)cc(C(=O)Nc2nc(-c3ccncc3)c(N3CCN(C)CC3)s2)c1. The van der Waals surface area contributed by atoms with E-state index in [1.807, 2.05) is 12.1 Å². The van der Waals surface area contributed by atoms with E-state index in [-0.39, 0.29) is 5.91 Å². The van der Waals surface area contributed by atoms with Gasteiger partial charge in [-0.05, 0) is 31.3 Å². The van der Waals surface area contributed by atoms with Gasteiger partial charge in [0.25, 0.3) is 5.91 Å². The number of thiazole rings is 1. The van der Waals surface area contributed by atoms with Gasteiger partial charge in [0, 0.05) is 55.8 Å². The molecule has 0 aliphatic carbocycles. The van der Waals surface area contributed by atoms with Gasteiger partial charge in [-0.15, -0.1) is 0 Å². The van der Waals surface area contributed by atoms with E-state index in [0.29, 0.717) is 22.2 Å². The fourth-order valence-electron chi connectivity index (χ4n) is 3.40. The van der Waals surface area contributed by atoms with Crippen molar-refractivity contribution in [1.29, 1.82) is 0 Å². The van der Waals surface area contributed by atoms with Crippen molar-refractivity contribution in [3.05, 3.63) is 48.3 Å². The van der Waals surface area contributed by atoms with Crippen LogP contribution in [0.1, 0.15) is 10.4 Å². The zero-order valence-electron chi connectivity index (χ0n) is 17.8. The summed E-state index contributed by atoms with van der Waals surface area (Å²) in [4.78, 5) is 26.5. The van der Waals surface area contributed by atoms with E-state index < -0.39 is 0 Å². The zero-order chi connectivity index (χ0) is 21.8. The van der Waals surface area contributed by atoms with E-state index in [9.17, 15) is 4.79 Å². The standard InChI is InChI=1S/C22H25N5O3S/c1-26-8-10-27(11-9-26)21-19(15-4-6-23-7-5-15)24-22(31-21)25-20(28)16-12-17(29-2)14-18(13-16)30-3/h4-7,12-14H,8-11H2,1-3H3,(H,24,25,28). The number of rotatable bonds is 6. The molecule has 2 aromatic heterocycles. The third-order valence-electron chi connectivity index (χ3n) is 5.19. The van der Waals surface area contributed by atoms with Gasteiger partial charge >= 0.3 is 0 Å². The molecule has 162 valence electrons. The topological polar surface area (TPSA) is 79.8 Å². The number of methoxy groups -OCH3 is 2. The number of carbonyl (C=O) groups is 1. The van der Waals surface area contributed by atoms with E-state index in [1.54, 1.807) is 44.8 Å². The van der Waals surface area contributed by atoms with Crippen molar-refractivity contribution in [2.75, 3.05) is 57.7 Å². The van der Waals surface area contributed by atoms with Crippen molar-refractivity contribution in [3.8, 4) is 22.8 Å². The first-order valence-corrected chi connectivity index (χ1v) is 10.8. The summed E-state index contributed by atoms with van der Waals surface area (Å²) in [5.74, 6) is 0.843. The van der Waals surface area contributed by atoms with Crippen LogP contribution in [0, 0.1) is 0 Å². The minimum absolute atomic E-state index is 0.267. The largest absolute Gasteiger partial charge is 0.497 e. The van der Waals surface area contributed by atoms with Gasteiger partial charge in [0.05, 0.1) is 14.2 Å². The Morgan fingerprint density at radius 2 is 1.68 bits per heavy atom. The number of pyridine rings is 1. The number of piperazine rings is 1. The molecule has 1 aromatic carbocycles. The van der Waals surface area contributed by atoms with Gasteiger partial charge in [0.15, 0.2) is 5.13 Å². The molecular formula is C22H25N5O3S.